The summed E-state index contributed by atoms with van der Waals surface area (Å²) >= 11 is 0. The summed E-state index contributed by atoms with van der Waals surface area (Å²) < 4.78 is 26.2. The Morgan fingerprint density at radius 1 is 0.816 bits per heavy atom. The molecule has 0 aromatic heterocycles. The Hall–Kier alpha value is -3.35. The van der Waals surface area contributed by atoms with E-state index >= 15 is 0 Å². The number of hydrogen-bond donors (Lipinski definition) is 3. The highest BCUT2D eigenvalue weighted by atomic mass is 16.5. The van der Waals surface area contributed by atoms with Crippen molar-refractivity contribution in [2.45, 2.75) is 12.0 Å². The molecule has 1 unspecified atom stereocenters. The van der Waals surface area contributed by atoms with Crippen LogP contribution in [0.3, 0.4) is 0 Å². The fourth-order valence-corrected chi connectivity index (χ4v) is 3.97. The van der Waals surface area contributed by atoms with Crippen LogP contribution in [-0.2, 0) is 38.1 Å². The topological polar surface area (TPSA) is 156 Å². The second kappa shape index (κ2) is 15.8. The van der Waals surface area contributed by atoms with Gasteiger partial charge in [-0.15, -0.1) is 0 Å². The molecule has 38 heavy (non-hydrogen) atoms. The molecule has 0 bridgehead atoms. The molecular formula is C27H34N2O9. The lowest BCUT2D eigenvalue weighted by atomic mass is 9.98. The van der Waals surface area contributed by atoms with E-state index in [2.05, 4.69) is 17.4 Å². The van der Waals surface area contributed by atoms with Crippen LogP contribution in [0.25, 0.3) is 11.1 Å². The smallest absolute Gasteiger partial charge is 0.329 e. The maximum atomic E-state index is 12.4. The van der Waals surface area contributed by atoms with Crippen molar-refractivity contribution in [2.24, 2.45) is 5.73 Å². The molecule has 0 fully saturated rings. The average Bonchev–Trinajstić information content (AvgIpc) is 3.24. The van der Waals surface area contributed by atoms with Crippen molar-refractivity contribution in [1.29, 1.82) is 0 Å². The fourth-order valence-electron chi connectivity index (χ4n) is 3.97. The van der Waals surface area contributed by atoms with Gasteiger partial charge in [-0.2, -0.15) is 0 Å². The molecule has 3 rings (SSSR count). The van der Waals surface area contributed by atoms with Gasteiger partial charge >= 0.3 is 11.9 Å². The largest absolute Gasteiger partial charge is 0.480 e. The minimum Gasteiger partial charge on any atom is -0.480 e. The Bertz CT molecular complexity index is 1020. The van der Waals surface area contributed by atoms with Gasteiger partial charge in [0.15, 0.2) is 0 Å². The number of ether oxygens (including phenoxy) is 5. The zero-order valence-corrected chi connectivity index (χ0v) is 21.1. The number of rotatable bonds is 18. The van der Waals surface area contributed by atoms with E-state index in [1.807, 2.05) is 36.4 Å². The summed E-state index contributed by atoms with van der Waals surface area (Å²) in [7, 11) is 0. The van der Waals surface area contributed by atoms with Crippen LogP contribution >= 0.6 is 0 Å². The first-order valence-corrected chi connectivity index (χ1v) is 12.4. The van der Waals surface area contributed by atoms with Crippen LogP contribution in [0.5, 0.6) is 0 Å². The van der Waals surface area contributed by atoms with Crippen molar-refractivity contribution in [3.05, 3.63) is 59.7 Å². The van der Waals surface area contributed by atoms with Gasteiger partial charge in [-0.1, -0.05) is 48.5 Å². The first-order chi connectivity index (χ1) is 18.5. The molecule has 0 radical (unpaired) electrons. The number of carboxylic acids is 1. The molecule has 2 aromatic rings. The number of nitrogens with one attached hydrogen (secondary N) is 1. The zero-order valence-electron chi connectivity index (χ0n) is 21.1. The van der Waals surface area contributed by atoms with Gasteiger partial charge < -0.3 is 39.8 Å². The third-order valence-electron chi connectivity index (χ3n) is 5.73. The lowest BCUT2D eigenvalue weighted by Gasteiger charge is -2.16. The molecule has 0 aliphatic heterocycles. The summed E-state index contributed by atoms with van der Waals surface area (Å²) in [6.07, 6.45) is 0. The van der Waals surface area contributed by atoms with Crippen LogP contribution in [0.2, 0.25) is 0 Å². The van der Waals surface area contributed by atoms with Gasteiger partial charge in [0.05, 0.1) is 39.6 Å². The molecule has 11 nitrogen and oxygen atoms in total. The van der Waals surface area contributed by atoms with Gasteiger partial charge in [-0.05, 0) is 22.3 Å². The first-order valence-electron chi connectivity index (χ1n) is 12.4. The number of carboxylic acid groups (broad SMARTS) is 1. The standard InChI is InChI=1S/C27H34N2O9/c28-24(16-35-13-14-36-17-25(30)29-9-10-34-11-12-37-18-26(31)32)27(33)38-15-23-21-7-3-1-5-19(21)20-6-2-4-8-22(20)23/h1-8,23-24H,9-18,28H2,(H,29,30)(H,31,32). The Labute approximate surface area is 221 Å². The van der Waals surface area contributed by atoms with Crippen LogP contribution in [0.15, 0.2) is 48.5 Å². The van der Waals surface area contributed by atoms with Crippen LogP contribution < -0.4 is 11.1 Å². The lowest BCUT2D eigenvalue weighted by Crippen LogP contribution is -2.37. The molecule has 0 saturated heterocycles. The Morgan fingerprint density at radius 3 is 2.05 bits per heavy atom. The van der Waals surface area contributed by atoms with Crippen LogP contribution in [0.4, 0.5) is 0 Å². The van der Waals surface area contributed by atoms with Gasteiger partial charge in [0, 0.05) is 12.5 Å². The molecule has 4 N–H and O–H groups in total. The van der Waals surface area contributed by atoms with E-state index in [1.54, 1.807) is 0 Å². The highest BCUT2D eigenvalue weighted by Crippen LogP contribution is 2.44. The molecule has 11 heteroatoms. The van der Waals surface area contributed by atoms with Gasteiger partial charge in [0.1, 0.15) is 25.9 Å². The number of esters is 1. The second-order valence-corrected chi connectivity index (χ2v) is 8.50. The molecule has 1 atom stereocenters. The van der Waals surface area contributed by atoms with E-state index in [1.165, 1.54) is 0 Å². The molecule has 0 heterocycles. The number of amides is 1. The van der Waals surface area contributed by atoms with E-state index in [0.29, 0.717) is 0 Å². The second-order valence-electron chi connectivity index (χ2n) is 8.50. The summed E-state index contributed by atoms with van der Waals surface area (Å²) in [5, 5.41) is 11.0. The third-order valence-corrected chi connectivity index (χ3v) is 5.73. The fraction of sp³-hybridized carbons (Fsp3) is 0.444. The SMILES string of the molecule is NC(COCCOCC(=O)NCCOCCOCC(=O)O)C(=O)OCC1c2ccccc2-c2ccccc21. The Morgan fingerprint density at radius 2 is 1.39 bits per heavy atom. The molecular weight excluding hydrogens is 496 g/mol. The third kappa shape index (κ3) is 9.19. The normalized spacial score (nSPS) is 13.0. The minimum atomic E-state index is -1.04. The number of benzene rings is 2. The van der Waals surface area contributed by atoms with Crippen molar-refractivity contribution in [3.8, 4) is 11.1 Å². The highest BCUT2D eigenvalue weighted by molar-refractivity contribution is 5.80. The number of nitrogens with two attached hydrogens (primary N) is 1. The summed E-state index contributed by atoms with van der Waals surface area (Å²) in [4.78, 5) is 34.4. The molecule has 1 aliphatic carbocycles. The van der Waals surface area contributed by atoms with Crippen molar-refractivity contribution in [3.63, 3.8) is 0 Å². The number of fused-ring (bicyclic) bond motifs is 3. The quantitative estimate of drug-likeness (QED) is 0.187. The van der Waals surface area contributed by atoms with Gasteiger partial charge in [0.25, 0.3) is 0 Å². The Kier molecular flexibility index (Phi) is 12.1. The molecule has 0 spiro atoms. The van der Waals surface area contributed by atoms with Gasteiger partial charge in [0.2, 0.25) is 5.91 Å². The molecule has 0 saturated carbocycles. The number of carbonyl (C=O) groups excluding carboxylic acids is 2. The molecule has 2 aromatic carbocycles. The maximum Gasteiger partial charge on any atom is 0.329 e. The van der Waals surface area contributed by atoms with Crippen LogP contribution in [0.1, 0.15) is 17.0 Å². The highest BCUT2D eigenvalue weighted by Gasteiger charge is 2.29. The van der Waals surface area contributed by atoms with Crippen molar-refractivity contribution >= 4 is 17.8 Å². The Balaban J connectivity index is 1.22. The van der Waals surface area contributed by atoms with E-state index in [4.69, 9.17) is 34.5 Å². The predicted molar refractivity (Wildman–Crippen MR) is 137 cm³/mol. The van der Waals surface area contributed by atoms with E-state index in [0.717, 1.165) is 22.3 Å². The minimum absolute atomic E-state index is 0.0280. The van der Waals surface area contributed by atoms with E-state index in [9.17, 15) is 14.4 Å². The lowest BCUT2D eigenvalue weighted by molar-refractivity contribution is -0.147. The number of carbonyl (C=O) groups is 3. The van der Waals surface area contributed by atoms with Crippen molar-refractivity contribution in [1.82, 2.24) is 5.32 Å². The number of aliphatic carboxylic acids is 1. The van der Waals surface area contributed by atoms with Crippen molar-refractivity contribution < 1.29 is 43.2 Å². The van der Waals surface area contributed by atoms with Gasteiger partial charge in [-0.25, -0.2) is 4.79 Å². The maximum absolute atomic E-state index is 12.4. The predicted octanol–water partition coefficient (Wildman–Crippen LogP) is 0.937. The summed E-state index contributed by atoms with van der Waals surface area (Å²) in [5.41, 5.74) is 10.5. The summed E-state index contributed by atoms with van der Waals surface area (Å²) in [6.45, 7) is 0.905. The summed E-state index contributed by atoms with van der Waals surface area (Å²) in [5.74, 6) is -1.93. The zero-order chi connectivity index (χ0) is 27.2. The van der Waals surface area contributed by atoms with Crippen LogP contribution in [-0.4, -0.2) is 95.0 Å². The molecule has 1 amide bonds. The number of hydrogen-bond acceptors (Lipinski definition) is 9. The van der Waals surface area contributed by atoms with E-state index in [-0.39, 0.29) is 77.8 Å². The summed E-state index contributed by atoms with van der Waals surface area (Å²) in [6, 6.07) is 15.3. The monoisotopic (exact) mass is 530 g/mol. The first kappa shape index (κ1) is 29.2. The average molecular weight is 531 g/mol. The van der Waals surface area contributed by atoms with Gasteiger partial charge in [-0.3, -0.25) is 9.59 Å². The molecule has 206 valence electrons. The van der Waals surface area contributed by atoms with E-state index < -0.39 is 18.0 Å². The van der Waals surface area contributed by atoms with Crippen LogP contribution in [0, 0.1) is 0 Å². The van der Waals surface area contributed by atoms with Crippen molar-refractivity contribution in [2.75, 3.05) is 66.0 Å². The molecule has 1 aliphatic rings.